The summed E-state index contributed by atoms with van der Waals surface area (Å²) in [4.78, 5) is 2.81. The molecule has 0 N–H and O–H groups in total. The molecule has 0 radical (unpaired) electrons. The van der Waals surface area contributed by atoms with E-state index in [0.29, 0.717) is 18.0 Å². The van der Waals surface area contributed by atoms with Crippen LogP contribution >= 0.6 is 0 Å². The van der Waals surface area contributed by atoms with Crippen molar-refractivity contribution in [3.8, 4) is 0 Å². The molecular formula is C28H25NO2S. The molecule has 32 heavy (non-hydrogen) atoms. The smallest absolute Gasteiger partial charge is 0.176 e. The van der Waals surface area contributed by atoms with E-state index in [2.05, 4.69) is 53.4 Å². The van der Waals surface area contributed by atoms with Gasteiger partial charge in [-0.3, -0.25) is 4.90 Å². The molecule has 0 aromatic heterocycles. The second-order valence-electron chi connectivity index (χ2n) is 8.40. The average molecular weight is 440 g/mol. The molecule has 0 aliphatic carbocycles. The number of hydrogen-bond donors (Lipinski definition) is 0. The summed E-state index contributed by atoms with van der Waals surface area (Å²) >= 11 is 0. The summed E-state index contributed by atoms with van der Waals surface area (Å²) in [6.45, 7) is 1.26. The predicted octanol–water partition coefficient (Wildman–Crippen LogP) is 5.70. The Balaban J connectivity index is 1.53. The predicted molar refractivity (Wildman–Crippen MR) is 132 cm³/mol. The summed E-state index contributed by atoms with van der Waals surface area (Å²) in [5.41, 5.74) is 4.17. The van der Waals surface area contributed by atoms with E-state index in [9.17, 15) is 8.42 Å². The lowest BCUT2D eigenvalue weighted by atomic mass is 9.92. The molecule has 1 fully saturated rings. The van der Waals surface area contributed by atoms with Crippen molar-refractivity contribution >= 4 is 25.5 Å². The van der Waals surface area contributed by atoms with Crippen molar-refractivity contribution in [1.29, 1.82) is 0 Å². The Kier molecular flexibility index (Phi) is 5.41. The van der Waals surface area contributed by atoms with Gasteiger partial charge in [0.05, 0.1) is 10.9 Å². The van der Waals surface area contributed by atoms with Crippen molar-refractivity contribution in [3.63, 3.8) is 0 Å². The molecule has 4 heteroatoms. The Morgan fingerprint density at radius 3 is 1.81 bits per heavy atom. The zero-order chi connectivity index (χ0) is 22.1. The van der Waals surface area contributed by atoms with Gasteiger partial charge in [0.2, 0.25) is 0 Å². The zero-order valence-corrected chi connectivity index (χ0v) is 18.8. The van der Waals surface area contributed by atoms with Crippen molar-refractivity contribution in [2.24, 2.45) is 0 Å². The fourth-order valence-electron chi connectivity index (χ4n) is 4.67. The van der Waals surface area contributed by atoms with Crippen molar-refractivity contribution in [1.82, 2.24) is 4.90 Å². The molecule has 1 saturated heterocycles. The van der Waals surface area contributed by atoms with Gasteiger partial charge >= 0.3 is 0 Å². The maximum absolute atomic E-state index is 12.8. The van der Waals surface area contributed by atoms with Gasteiger partial charge < -0.3 is 0 Å². The van der Waals surface area contributed by atoms with Crippen molar-refractivity contribution < 1.29 is 8.42 Å². The first kappa shape index (κ1) is 20.7. The average Bonchev–Trinajstić information content (AvgIpc) is 2.78. The lowest BCUT2D eigenvalue weighted by Crippen LogP contribution is -2.44. The van der Waals surface area contributed by atoms with E-state index in [-0.39, 0.29) is 6.04 Å². The van der Waals surface area contributed by atoms with Gasteiger partial charge in [-0.2, -0.15) is 0 Å². The number of hydrogen-bond acceptors (Lipinski definition) is 3. The third-order valence-electron chi connectivity index (χ3n) is 6.09. The summed E-state index contributed by atoms with van der Waals surface area (Å²) in [6, 6.07) is 34.9. The molecule has 1 aliphatic rings. The van der Waals surface area contributed by atoms with Gasteiger partial charge in [0.25, 0.3) is 0 Å². The Labute approximate surface area is 189 Å². The number of sulfone groups is 1. The van der Waals surface area contributed by atoms with E-state index in [1.807, 2.05) is 54.6 Å². The van der Waals surface area contributed by atoms with Crippen LogP contribution in [0.5, 0.6) is 0 Å². The highest BCUT2D eigenvalue weighted by Crippen LogP contribution is 2.38. The van der Waals surface area contributed by atoms with Crippen molar-refractivity contribution in [2.45, 2.75) is 6.04 Å². The van der Waals surface area contributed by atoms with Gasteiger partial charge in [-0.15, -0.1) is 0 Å². The van der Waals surface area contributed by atoms with Crippen LogP contribution < -0.4 is 0 Å². The fraction of sp³-hybridized carbons (Fsp3) is 0.143. The van der Waals surface area contributed by atoms with Crippen molar-refractivity contribution in [2.75, 3.05) is 19.3 Å². The first-order valence-electron chi connectivity index (χ1n) is 10.8. The topological polar surface area (TPSA) is 37.4 Å². The summed E-state index contributed by atoms with van der Waals surface area (Å²) in [6.07, 6.45) is 1.32. The monoisotopic (exact) mass is 439 g/mol. The maximum atomic E-state index is 12.8. The van der Waals surface area contributed by atoms with Gasteiger partial charge in [0.1, 0.15) is 0 Å². The molecule has 1 aliphatic heterocycles. The highest BCUT2D eigenvalue weighted by atomic mass is 32.2. The minimum Gasteiger partial charge on any atom is -0.284 e. The van der Waals surface area contributed by atoms with Gasteiger partial charge in [-0.1, -0.05) is 97.1 Å². The molecule has 4 aromatic carbocycles. The van der Waals surface area contributed by atoms with E-state index in [0.717, 1.165) is 21.9 Å². The van der Waals surface area contributed by atoms with E-state index >= 15 is 0 Å². The number of likely N-dealkylation sites (tertiary alicyclic amines) is 1. The first-order valence-corrected chi connectivity index (χ1v) is 12.6. The minimum atomic E-state index is -3.37. The molecule has 0 bridgehead atoms. The van der Waals surface area contributed by atoms with Gasteiger partial charge in [-0.05, 0) is 39.1 Å². The molecule has 0 amide bonds. The van der Waals surface area contributed by atoms with Crippen LogP contribution in [0.3, 0.4) is 0 Å². The van der Waals surface area contributed by atoms with Crippen LogP contribution in [-0.4, -0.2) is 32.7 Å². The summed E-state index contributed by atoms with van der Waals surface area (Å²) in [5, 5.41) is 2.16. The van der Waals surface area contributed by atoms with Crippen LogP contribution in [0.2, 0.25) is 0 Å². The lowest BCUT2D eigenvalue weighted by molar-refractivity contribution is 0.203. The quantitative estimate of drug-likeness (QED) is 0.400. The van der Waals surface area contributed by atoms with Crippen LogP contribution in [0.4, 0.5) is 0 Å². The van der Waals surface area contributed by atoms with E-state index < -0.39 is 9.84 Å². The molecule has 5 rings (SSSR count). The second-order valence-corrected chi connectivity index (χ2v) is 10.3. The van der Waals surface area contributed by atoms with E-state index in [1.165, 1.54) is 17.4 Å². The highest BCUT2D eigenvalue weighted by Gasteiger charge is 2.34. The Morgan fingerprint density at radius 1 is 0.719 bits per heavy atom. The molecule has 0 atom stereocenters. The van der Waals surface area contributed by atoms with Gasteiger partial charge in [0, 0.05) is 19.3 Å². The number of fused-ring (bicyclic) bond motifs is 1. The van der Waals surface area contributed by atoms with Crippen molar-refractivity contribution in [3.05, 3.63) is 125 Å². The number of rotatable bonds is 5. The van der Waals surface area contributed by atoms with Crippen LogP contribution in [0.15, 0.2) is 109 Å². The summed E-state index contributed by atoms with van der Waals surface area (Å²) < 4.78 is 25.7. The third kappa shape index (κ3) is 3.99. The van der Waals surface area contributed by atoms with Gasteiger partial charge in [0.15, 0.2) is 9.84 Å². The van der Waals surface area contributed by atoms with Crippen LogP contribution in [0.1, 0.15) is 22.7 Å². The molecular weight excluding hydrogens is 414 g/mol. The Hall–Kier alpha value is -3.21. The second kappa shape index (κ2) is 8.38. The Morgan fingerprint density at radius 2 is 1.25 bits per heavy atom. The summed E-state index contributed by atoms with van der Waals surface area (Å²) in [5.74, 6) is 0. The van der Waals surface area contributed by atoms with E-state index in [1.54, 1.807) is 0 Å². The normalized spacial score (nSPS) is 14.5. The molecule has 4 aromatic rings. The molecule has 160 valence electrons. The number of benzene rings is 4. The first-order chi connectivity index (χ1) is 15.5. The molecule has 3 nitrogen and oxygen atoms in total. The van der Waals surface area contributed by atoms with Crippen LogP contribution in [0.25, 0.3) is 15.7 Å². The number of nitrogens with zero attached hydrogens (tertiary/aromatic N) is 1. The largest absolute Gasteiger partial charge is 0.284 e. The van der Waals surface area contributed by atoms with Crippen LogP contribution in [-0.2, 0) is 9.84 Å². The zero-order valence-electron chi connectivity index (χ0n) is 18.0. The minimum absolute atomic E-state index is 0.0959. The van der Waals surface area contributed by atoms with E-state index in [4.69, 9.17) is 0 Å². The standard InChI is InChI=1S/C28H25NO2S/c1-32(30,31)28(25-17-16-21-10-8-9-15-24(21)18-25)26-19-29(20-26)27(22-11-4-2-5-12-22)23-13-6-3-7-14-23/h2-18,27H,19-20H2,1H3. The fourth-order valence-corrected chi connectivity index (χ4v) is 5.87. The van der Waals surface area contributed by atoms with Crippen LogP contribution in [0, 0.1) is 0 Å². The van der Waals surface area contributed by atoms with Gasteiger partial charge in [-0.25, -0.2) is 8.42 Å². The Bertz CT molecular complexity index is 1350. The third-order valence-corrected chi connectivity index (χ3v) is 7.35. The SMILES string of the molecule is CS(=O)(=O)C(=C1CN(C(c2ccccc2)c2ccccc2)C1)c1ccc2ccccc2c1. The molecule has 1 heterocycles. The molecule has 0 saturated carbocycles. The highest BCUT2D eigenvalue weighted by molar-refractivity contribution is 8.00. The molecule has 0 spiro atoms. The maximum Gasteiger partial charge on any atom is 0.176 e. The molecule has 0 unspecified atom stereocenters. The summed E-state index contributed by atoms with van der Waals surface area (Å²) in [7, 11) is -3.37. The lowest BCUT2D eigenvalue weighted by Gasteiger charge is -2.42.